The maximum atomic E-state index is 11.4. The van der Waals surface area contributed by atoms with E-state index in [4.69, 9.17) is 15.8 Å². The van der Waals surface area contributed by atoms with E-state index < -0.39 is 6.10 Å². The fourth-order valence-corrected chi connectivity index (χ4v) is 5.94. The van der Waals surface area contributed by atoms with Crippen LogP contribution >= 0.6 is 23.8 Å². The largest absolute Gasteiger partial charge is 0.391 e. The molecular formula is C26H33ClN2O3S. The molecule has 0 radical (unpaired) electrons. The van der Waals surface area contributed by atoms with Gasteiger partial charge in [-0.25, -0.2) is 0 Å². The number of β-amino-alcohol motifs (C(OH)–C–C–N with tert-alkyl or cyclic N) is 1. The van der Waals surface area contributed by atoms with E-state index in [1.54, 1.807) is 0 Å². The summed E-state index contributed by atoms with van der Waals surface area (Å²) in [6.45, 7) is 4.83. The van der Waals surface area contributed by atoms with E-state index in [1.165, 1.54) is 12.5 Å². The van der Waals surface area contributed by atoms with Gasteiger partial charge >= 0.3 is 5.97 Å². The first-order valence-corrected chi connectivity index (χ1v) is 12.9. The highest BCUT2D eigenvalue weighted by molar-refractivity contribution is 7.96. The summed E-state index contributed by atoms with van der Waals surface area (Å²) in [6, 6.07) is 18.1. The Morgan fingerprint density at radius 1 is 1.21 bits per heavy atom. The van der Waals surface area contributed by atoms with Gasteiger partial charge in [-0.1, -0.05) is 48.4 Å². The molecule has 7 heteroatoms. The number of rotatable bonds is 9. The lowest BCUT2D eigenvalue weighted by Crippen LogP contribution is -2.52. The number of piperidine rings is 1. The molecular weight excluding hydrogens is 456 g/mol. The lowest BCUT2D eigenvalue weighted by atomic mass is 9.61. The number of nitrogens with zero attached hydrogens (tertiary/aromatic N) is 2. The summed E-state index contributed by atoms with van der Waals surface area (Å²) < 4.78 is 7.32. The Kier molecular flexibility index (Phi) is 8.23. The number of aliphatic hydroxyl groups is 1. The number of carbonyl (C=O) groups excluding carboxylic acids is 1. The number of anilines is 1. The van der Waals surface area contributed by atoms with E-state index in [1.807, 2.05) is 42.5 Å². The van der Waals surface area contributed by atoms with Crippen molar-refractivity contribution in [1.82, 2.24) is 4.90 Å². The van der Waals surface area contributed by atoms with Crippen molar-refractivity contribution in [3.8, 4) is 0 Å². The summed E-state index contributed by atoms with van der Waals surface area (Å²) in [5.41, 5.74) is 2.07. The first-order chi connectivity index (χ1) is 16.0. The van der Waals surface area contributed by atoms with E-state index in [9.17, 15) is 9.90 Å². The van der Waals surface area contributed by atoms with E-state index in [0.717, 1.165) is 74.7 Å². The Bertz CT molecular complexity index is 908. The average Bonchev–Trinajstić information content (AvgIpc) is 2.78. The van der Waals surface area contributed by atoms with E-state index in [0.29, 0.717) is 12.5 Å². The second kappa shape index (κ2) is 11.1. The zero-order valence-corrected chi connectivity index (χ0v) is 20.7. The maximum absolute atomic E-state index is 11.4. The monoisotopic (exact) mass is 488 g/mol. The Hall–Kier alpha value is -1.73. The first-order valence-electron chi connectivity index (χ1n) is 11.8. The summed E-state index contributed by atoms with van der Waals surface area (Å²) >= 11 is 7.21. The lowest BCUT2D eigenvalue weighted by molar-refractivity contribution is -0.130. The quantitative estimate of drug-likeness (QED) is 0.373. The van der Waals surface area contributed by atoms with Crippen molar-refractivity contribution < 1.29 is 14.1 Å². The Morgan fingerprint density at radius 2 is 1.94 bits per heavy atom. The van der Waals surface area contributed by atoms with Crippen LogP contribution in [0, 0.1) is 5.92 Å². The Labute approximate surface area is 206 Å². The van der Waals surface area contributed by atoms with Crippen molar-refractivity contribution in [2.75, 3.05) is 30.5 Å². The van der Waals surface area contributed by atoms with Gasteiger partial charge in [0.2, 0.25) is 0 Å². The number of para-hydroxylation sites is 1. The normalized spacial score (nSPS) is 21.1. The summed E-state index contributed by atoms with van der Waals surface area (Å²) in [5, 5.41) is 12.1. The van der Waals surface area contributed by atoms with Gasteiger partial charge in [-0.15, -0.1) is 0 Å². The van der Waals surface area contributed by atoms with Crippen LogP contribution in [0.2, 0.25) is 5.02 Å². The van der Waals surface area contributed by atoms with Crippen LogP contribution in [0.25, 0.3) is 0 Å². The van der Waals surface area contributed by atoms with Crippen LogP contribution in [0.3, 0.4) is 0 Å². The predicted octanol–water partition coefficient (Wildman–Crippen LogP) is 5.47. The molecule has 5 nitrogen and oxygen atoms in total. The van der Waals surface area contributed by atoms with Crippen LogP contribution in [0.4, 0.5) is 5.69 Å². The third-order valence-corrected chi connectivity index (χ3v) is 8.15. The molecule has 1 saturated carbocycles. The van der Waals surface area contributed by atoms with E-state index >= 15 is 0 Å². The Balaban J connectivity index is 1.39. The molecule has 2 aromatic carbocycles. The van der Waals surface area contributed by atoms with Gasteiger partial charge in [0.1, 0.15) is 0 Å². The molecule has 0 spiro atoms. The van der Waals surface area contributed by atoms with Crippen molar-refractivity contribution in [3.05, 3.63) is 65.2 Å². The lowest BCUT2D eigenvalue weighted by Gasteiger charge is -2.48. The molecule has 1 aliphatic carbocycles. The highest BCUT2D eigenvalue weighted by atomic mass is 35.5. The smallest absolute Gasteiger partial charge is 0.316 e. The number of halogens is 1. The van der Waals surface area contributed by atoms with Crippen molar-refractivity contribution in [2.45, 2.75) is 50.5 Å². The fraction of sp³-hybridized carbons (Fsp3) is 0.500. The molecule has 2 unspecified atom stereocenters. The van der Waals surface area contributed by atoms with Gasteiger partial charge in [-0.05, 0) is 68.0 Å². The minimum Gasteiger partial charge on any atom is -0.391 e. The van der Waals surface area contributed by atoms with Gasteiger partial charge in [0.25, 0.3) is 0 Å². The molecule has 2 atom stereocenters. The molecule has 1 N–H and O–H groups in total. The molecule has 2 fully saturated rings. The van der Waals surface area contributed by atoms with Gasteiger partial charge < -0.3 is 14.2 Å². The molecule has 1 heterocycles. The van der Waals surface area contributed by atoms with Gasteiger partial charge in [0.15, 0.2) is 12.2 Å². The molecule has 0 amide bonds. The standard InChI is InChI=1S/C26H33ClN2O3S/c1-20(30)32-33-29(24-8-3-2-4-9-24)18-21-7-5-16-28(17-21)19-25(31)26(14-6-15-26)22-10-12-23(27)13-11-22/h2-4,8-13,21,25,31H,5-7,14-19H2,1H3. The molecule has 0 bridgehead atoms. The molecule has 0 aromatic heterocycles. The molecule has 178 valence electrons. The number of hydrogen-bond acceptors (Lipinski definition) is 6. The molecule has 33 heavy (non-hydrogen) atoms. The molecule has 1 saturated heterocycles. The van der Waals surface area contributed by atoms with Gasteiger partial charge in [0.05, 0.1) is 11.8 Å². The number of hydrogen-bond donors (Lipinski definition) is 1. The topological polar surface area (TPSA) is 53.0 Å². The number of aliphatic hydroxyl groups excluding tert-OH is 1. The zero-order valence-electron chi connectivity index (χ0n) is 19.2. The fourth-order valence-electron chi connectivity index (χ4n) is 5.14. The van der Waals surface area contributed by atoms with Crippen molar-refractivity contribution in [2.24, 2.45) is 5.92 Å². The maximum Gasteiger partial charge on any atom is 0.316 e. The van der Waals surface area contributed by atoms with Crippen LogP contribution < -0.4 is 4.31 Å². The van der Waals surface area contributed by atoms with Crippen molar-refractivity contribution in [3.63, 3.8) is 0 Å². The van der Waals surface area contributed by atoms with Crippen molar-refractivity contribution in [1.29, 1.82) is 0 Å². The van der Waals surface area contributed by atoms with Crippen LogP contribution in [0.5, 0.6) is 0 Å². The third kappa shape index (κ3) is 6.04. The molecule has 2 aromatic rings. The number of carbonyl (C=O) groups is 1. The van der Waals surface area contributed by atoms with Gasteiger partial charge in [0, 0.05) is 37.0 Å². The minimum absolute atomic E-state index is 0.154. The first kappa shape index (κ1) is 24.4. The molecule has 2 aliphatic rings. The van der Waals surface area contributed by atoms with Crippen LogP contribution in [-0.4, -0.2) is 48.3 Å². The summed E-state index contributed by atoms with van der Waals surface area (Å²) in [6.07, 6.45) is 5.03. The third-order valence-electron chi connectivity index (χ3n) is 7.05. The van der Waals surface area contributed by atoms with Crippen LogP contribution in [0.1, 0.15) is 44.6 Å². The van der Waals surface area contributed by atoms with Gasteiger partial charge in [-0.3, -0.25) is 9.10 Å². The average molecular weight is 489 g/mol. The summed E-state index contributed by atoms with van der Waals surface area (Å²) in [4.78, 5) is 13.8. The second-order valence-electron chi connectivity index (χ2n) is 9.35. The predicted molar refractivity (Wildman–Crippen MR) is 135 cm³/mol. The van der Waals surface area contributed by atoms with Crippen molar-refractivity contribution >= 4 is 35.5 Å². The minimum atomic E-state index is -0.396. The van der Waals surface area contributed by atoms with Crippen LogP contribution in [-0.2, 0) is 14.4 Å². The number of benzene rings is 2. The summed E-state index contributed by atoms with van der Waals surface area (Å²) in [7, 11) is 0. The second-order valence-corrected chi connectivity index (χ2v) is 10.5. The van der Waals surface area contributed by atoms with Crippen LogP contribution in [0.15, 0.2) is 54.6 Å². The van der Waals surface area contributed by atoms with E-state index in [-0.39, 0.29) is 11.4 Å². The molecule has 4 rings (SSSR count). The van der Waals surface area contributed by atoms with Gasteiger partial charge in [-0.2, -0.15) is 0 Å². The molecule has 1 aliphatic heterocycles. The summed E-state index contributed by atoms with van der Waals surface area (Å²) in [5.74, 6) is 0.129. The number of likely N-dealkylation sites (tertiary alicyclic amines) is 1. The highest BCUT2D eigenvalue weighted by Gasteiger charge is 2.45. The SMILES string of the molecule is CC(=O)OSN(CC1CCCN(CC(O)C2(c3ccc(Cl)cc3)CCC2)C1)c1ccccc1. The highest BCUT2D eigenvalue weighted by Crippen LogP contribution is 2.47. The Morgan fingerprint density at radius 3 is 2.58 bits per heavy atom. The van der Waals surface area contributed by atoms with E-state index in [2.05, 4.69) is 21.3 Å². The zero-order chi connectivity index (χ0) is 23.3.